The molecule has 226 valence electrons. The van der Waals surface area contributed by atoms with Gasteiger partial charge in [-0.15, -0.1) is 11.6 Å². The smallest absolute Gasteiger partial charge is 0.154 e. The first-order valence-electron chi connectivity index (χ1n) is 16.0. The fraction of sp³-hybridized carbons (Fsp3) is 0.514. The molecule has 0 aliphatic heterocycles. The van der Waals surface area contributed by atoms with Crippen LogP contribution in [0.15, 0.2) is 89.8 Å². The number of allylic oxidation sites excluding steroid dienone is 8. The van der Waals surface area contributed by atoms with Crippen LogP contribution in [0.5, 0.6) is 0 Å². The molecule has 3 aliphatic carbocycles. The van der Waals surface area contributed by atoms with Gasteiger partial charge in [-0.25, -0.2) is 0 Å². The summed E-state index contributed by atoms with van der Waals surface area (Å²) in [5, 5.41) is 3.54. The predicted octanol–water partition coefficient (Wildman–Crippen LogP) is 9.05. The number of benzene rings is 1. The van der Waals surface area contributed by atoms with Crippen molar-refractivity contribution in [1.29, 1.82) is 0 Å². The average molecular weight is 590 g/mol. The van der Waals surface area contributed by atoms with Crippen LogP contribution in [0.3, 0.4) is 0 Å². The van der Waals surface area contributed by atoms with E-state index < -0.39 is 0 Å². The molecule has 1 fully saturated rings. The molecule has 3 unspecified atom stereocenters. The SMILES string of the molecule is CCCC1C[C@H](OC2=C/CC/C=C(CCCC(=O)C(NCCC3=CCC(C)(Cl)C=C3)c3ccccc3)/C=C\2)CCC1=O. The van der Waals surface area contributed by atoms with Crippen molar-refractivity contribution in [3.8, 4) is 0 Å². The van der Waals surface area contributed by atoms with Crippen molar-refractivity contribution in [3.05, 3.63) is 95.3 Å². The van der Waals surface area contributed by atoms with Gasteiger partial charge in [0.15, 0.2) is 5.78 Å². The normalized spacial score (nSPS) is 28.4. The Kier molecular flexibility index (Phi) is 12.5. The second-order valence-corrected chi connectivity index (χ2v) is 13.1. The summed E-state index contributed by atoms with van der Waals surface area (Å²) in [7, 11) is 0. The maximum absolute atomic E-state index is 13.4. The minimum atomic E-state index is -0.304. The molecule has 4 nitrogen and oxygen atoms in total. The Bertz CT molecular complexity index is 1210. The van der Waals surface area contributed by atoms with Gasteiger partial charge in [-0.05, 0) is 82.4 Å². The number of hydrogen-bond acceptors (Lipinski definition) is 4. The summed E-state index contributed by atoms with van der Waals surface area (Å²) in [6.45, 7) is 4.90. The van der Waals surface area contributed by atoms with Crippen LogP contribution in [0.2, 0.25) is 0 Å². The molecule has 0 saturated heterocycles. The highest BCUT2D eigenvalue weighted by Gasteiger charge is 2.29. The average Bonchev–Trinajstić information content (AvgIpc) is 2.97. The van der Waals surface area contributed by atoms with Gasteiger partial charge in [-0.2, -0.15) is 0 Å². The van der Waals surface area contributed by atoms with E-state index >= 15 is 0 Å². The molecule has 0 radical (unpaired) electrons. The third-order valence-corrected chi connectivity index (χ3v) is 8.83. The highest BCUT2D eigenvalue weighted by Crippen LogP contribution is 2.30. The highest BCUT2D eigenvalue weighted by atomic mass is 35.5. The van der Waals surface area contributed by atoms with Gasteiger partial charge in [0, 0.05) is 25.3 Å². The summed E-state index contributed by atoms with van der Waals surface area (Å²) in [5.41, 5.74) is 3.54. The quantitative estimate of drug-likeness (QED) is 0.220. The van der Waals surface area contributed by atoms with Gasteiger partial charge >= 0.3 is 0 Å². The third-order valence-electron chi connectivity index (χ3n) is 8.55. The monoisotopic (exact) mass is 589 g/mol. The molecule has 42 heavy (non-hydrogen) atoms. The third kappa shape index (κ3) is 10.2. The van der Waals surface area contributed by atoms with Crippen molar-refractivity contribution >= 4 is 23.2 Å². The van der Waals surface area contributed by atoms with Gasteiger partial charge < -0.3 is 10.1 Å². The summed E-state index contributed by atoms with van der Waals surface area (Å²) < 4.78 is 6.37. The molecule has 0 amide bonds. The molecule has 0 heterocycles. The lowest BCUT2D eigenvalue weighted by atomic mass is 9.83. The molecule has 0 aromatic heterocycles. The highest BCUT2D eigenvalue weighted by molar-refractivity contribution is 6.25. The molecule has 4 atom stereocenters. The molecule has 1 aromatic rings. The van der Waals surface area contributed by atoms with Crippen LogP contribution in [0.25, 0.3) is 0 Å². The van der Waals surface area contributed by atoms with E-state index in [1.54, 1.807) is 0 Å². The fourth-order valence-electron chi connectivity index (χ4n) is 6.06. The van der Waals surface area contributed by atoms with Gasteiger partial charge in [0.2, 0.25) is 0 Å². The van der Waals surface area contributed by atoms with E-state index in [2.05, 4.69) is 54.8 Å². The summed E-state index contributed by atoms with van der Waals surface area (Å²) in [5.74, 6) is 1.70. The van der Waals surface area contributed by atoms with Gasteiger partial charge in [0.1, 0.15) is 11.5 Å². The summed E-state index contributed by atoms with van der Waals surface area (Å²) in [6.07, 6.45) is 25.2. The van der Waals surface area contributed by atoms with Crippen LogP contribution in [-0.4, -0.2) is 29.1 Å². The number of ether oxygens (including phenoxy) is 1. The van der Waals surface area contributed by atoms with Crippen LogP contribution in [0, 0.1) is 5.92 Å². The molecule has 0 spiro atoms. The molecule has 4 rings (SSSR count). The van der Waals surface area contributed by atoms with E-state index in [1.807, 2.05) is 37.3 Å². The van der Waals surface area contributed by atoms with Gasteiger partial charge in [-0.1, -0.05) is 85.2 Å². The second-order valence-electron chi connectivity index (χ2n) is 12.2. The van der Waals surface area contributed by atoms with Crippen molar-refractivity contribution in [2.45, 2.75) is 108 Å². The van der Waals surface area contributed by atoms with Gasteiger partial charge in [0.05, 0.1) is 17.0 Å². The number of Topliss-reactive ketones (excluding diaryl/α,β-unsaturated/α-hetero) is 2. The lowest BCUT2D eigenvalue weighted by Crippen LogP contribution is -2.30. The minimum Gasteiger partial charge on any atom is -0.491 e. The Hall–Kier alpha value is -2.69. The number of ketones is 2. The van der Waals surface area contributed by atoms with Crippen LogP contribution in [0.1, 0.15) is 103 Å². The Morgan fingerprint density at radius 3 is 2.62 bits per heavy atom. The zero-order chi connectivity index (χ0) is 29.8. The Balaban J connectivity index is 1.26. The van der Waals surface area contributed by atoms with Crippen molar-refractivity contribution in [1.82, 2.24) is 5.32 Å². The maximum Gasteiger partial charge on any atom is 0.154 e. The number of alkyl halides is 1. The van der Waals surface area contributed by atoms with Crippen molar-refractivity contribution in [2.75, 3.05) is 6.54 Å². The van der Waals surface area contributed by atoms with Crippen LogP contribution in [-0.2, 0) is 14.3 Å². The summed E-state index contributed by atoms with van der Waals surface area (Å²) in [6, 6.07) is 9.75. The van der Waals surface area contributed by atoms with E-state index in [0.717, 1.165) is 82.1 Å². The number of carbonyl (C=O) groups excluding carboxylic acids is 2. The van der Waals surface area contributed by atoms with E-state index in [4.69, 9.17) is 16.3 Å². The lowest BCUT2D eigenvalue weighted by molar-refractivity contribution is -0.127. The zero-order valence-corrected chi connectivity index (χ0v) is 26.2. The Labute approximate surface area is 258 Å². The Morgan fingerprint density at radius 2 is 1.86 bits per heavy atom. The number of nitrogens with one attached hydrogen (secondary N) is 1. The van der Waals surface area contributed by atoms with Crippen molar-refractivity contribution in [3.63, 3.8) is 0 Å². The van der Waals surface area contributed by atoms with E-state index in [-0.39, 0.29) is 28.7 Å². The summed E-state index contributed by atoms with van der Waals surface area (Å²) >= 11 is 6.41. The fourth-order valence-corrected chi connectivity index (χ4v) is 6.20. The molecule has 0 bridgehead atoms. The van der Waals surface area contributed by atoms with E-state index in [1.165, 1.54) is 11.1 Å². The first kappa shape index (κ1) is 32.2. The van der Waals surface area contributed by atoms with Crippen molar-refractivity contribution < 1.29 is 14.3 Å². The molecule has 1 saturated carbocycles. The Morgan fingerprint density at radius 1 is 1.07 bits per heavy atom. The van der Waals surface area contributed by atoms with E-state index in [0.29, 0.717) is 18.6 Å². The largest absolute Gasteiger partial charge is 0.491 e. The lowest BCUT2D eigenvalue weighted by Gasteiger charge is -2.29. The van der Waals surface area contributed by atoms with Gasteiger partial charge in [-0.3, -0.25) is 9.59 Å². The minimum absolute atomic E-state index is 0.119. The standard InChI is InChI=1S/C37H48ClNO3/c1-3-10-31-27-33(19-20-34(31)40)42-32-15-8-7-11-28(17-18-32)12-9-16-35(41)36(30-13-5-4-6-14-30)39-26-23-29-21-24-37(2,38)25-22-29/h4-6,11,13-15,17-18,21-22,24,31,33,36,39H,3,7-10,12,16,19-20,23,25-27H2,1-2H3/b18-17-,28-11+,32-15+/t31?,33-,36?,37?/m1/s1. The van der Waals surface area contributed by atoms with Crippen LogP contribution in [0.4, 0.5) is 0 Å². The number of hydrogen-bond donors (Lipinski definition) is 1. The first-order chi connectivity index (χ1) is 20.3. The predicted molar refractivity (Wildman–Crippen MR) is 173 cm³/mol. The van der Waals surface area contributed by atoms with Crippen LogP contribution >= 0.6 is 11.6 Å². The molecule has 1 aromatic carbocycles. The zero-order valence-electron chi connectivity index (χ0n) is 25.5. The first-order valence-corrected chi connectivity index (χ1v) is 16.4. The molecular weight excluding hydrogens is 542 g/mol. The number of carbonyl (C=O) groups is 2. The molecule has 5 heteroatoms. The van der Waals surface area contributed by atoms with Gasteiger partial charge in [0.25, 0.3) is 0 Å². The second kappa shape index (κ2) is 16.2. The van der Waals surface area contributed by atoms with E-state index in [9.17, 15) is 9.59 Å². The topological polar surface area (TPSA) is 55.4 Å². The van der Waals surface area contributed by atoms with Crippen molar-refractivity contribution in [2.24, 2.45) is 5.92 Å². The number of halogens is 1. The summed E-state index contributed by atoms with van der Waals surface area (Å²) in [4.78, 5) is 25.4. The van der Waals surface area contributed by atoms with Crippen LogP contribution < -0.4 is 5.32 Å². The number of rotatable bonds is 14. The molecular formula is C37H48ClNO3. The maximum atomic E-state index is 13.4. The molecule has 3 aliphatic rings. The molecule has 1 N–H and O–H groups in total.